The van der Waals surface area contributed by atoms with E-state index in [2.05, 4.69) is 0 Å². The van der Waals surface area contributed by atoms with Crippen molar-refractivity contribution < 1.29 is 28.6 Å². The highest BCUT2D eigenvalue weighted by molar-refractivity contribution is 6.11. The van der Waals surface area contributed by atoms with Crippen LogP contribution in [0.15, 0.2) is 103 Å². The number of hydrogen-bond acceptors (Lipinski definition) is 7. The number of esters is 3. The molecule has 0 heterocycles. The molecule has 186 valence electrons. The summed E-state index contributed by atoms with van der Waals surface area (Å²) >= 11 is 0. The molecule has 4 rings (SSSR count). The summed E-state index contributed by atoms with van der Waals surface area (Å²) in [4.78, 5) is 39.4. The highest BCUT2D eigenvalue weighted by atomic mass is 16.5. The average Bonchev–Trinajstić information content (AvgIpc) is 2.94. The number of benzene rings is 4. The Morgan fingerprint density at radius 3 is 1.19 bits per heavy atom. The normalized spacial score (nSPS) is 10.4. The van der Waals surface area contributed by atoms with Gasteiger partial charge >= 0.3 is 17.9 Å². The zero-order valence-electron chi connectivity index (χ0n) is 20.0. The third-order valence-corrected chi connectivity index (χ3v) is 5.44. The first-order valence-corrected chi connectivity index (χ1v) is 11.6. The fourth-order valence-electron chi connectivity index (χ4n) is 3.60. The van der Waals surface area contributed by atoms with Crippen LogP contribution in [0.1, 0.15) is 47.8 Å². The zero-order chi connectivity index (χ0) is 26.0. The van der Waals surface area contributed by atoms with Gasteiger partial charge in [-0.15, -0.1) is 0 Å². The number of nitrogens with two attached hydrogens (primary N) is 1. The molecule has 2 N–H and O–H groups in total. The van der Waals surface area contributed by atoms with Crippen molar-refractivity contribution in [2.24, 2.45) is 0 Å². The highest BCUT2D eigenvalue weighted by Gasteiger charge is 2.28. The minimum Gasteiger partial charge on any atom is -0.457 e. The van der Waals surface area contributed by atoms with E-state index in [0.717, 1.165) is 16.7 Å². The first-order valence-electron chi connectivity index (χ1n) is 11.6. The standard InChI is InChI=1S/C30H25NO6/c31-24-16-25(28(32)35-18-21-10-4-1-5-11-21)27(30(34)37-20-23-14-8-3-9-15-23)26(17-24)29(33)36-19-22-12-6-2-7-13-22/h1-17H,18-20,31H2. The van der Waals surface area contributed by atoms with Gasteiger partial charge in [0.2, 0.25) is 0 Å². The predicted octanol–water partition coefficient (Wildman–Crippen LogP) is 5.34. The Morgan fingerprint density at radius 1 is 0.514 bits per heavy atom. The monoisotopic (exact) mass is 495 g/mol. The number of anilines is 1. The number of hydrogen-bond donors (Lipinski definition) is 1. The van der Waals surface area contributed by atoms with E-state index in [9.17, 15) is 14.4 Å². The summed E-state index contributed by atoms with van der Waals surface area (Å²) in [5.74, 6) is -2.51. The van der Waals surface area contributed by atoms with Crippen LogP contribution in [0, 0.1) is 0 Å². The second-order valence-electron chi connectivity index (χ2n) is 8.18. The van der Waals surface area contributed by atoms with E-state index >= 15 is 0 Å². The van der Waals surface area contributed by atoms with Crippen LogP contribution in [-0.2, 0) is 34.0 Å². The van der Waals surface area contributed by atoms with Crippen LogP contribution in [0.2, 0.25) is 0 Å². The number of nitrogen functional groups attached to an aromatic ring is 1. The Labute approximate surface area is 214 Å². The third kappa shape index (κ3) is 6.82. The molecule has 0 fully saturated rings. The lowest BCUT2D eigenvalue weighted by molar-refractivity contribution is 0.0405. The average molecular weight is 496 g/mol. The largest absolute Gasteiger partial charge is 0.457 e. The summed E-state index contributed by atoms with van der Waals surface area (Å²) in [6, 6.07) is 29.8. The van der Waals surface area contributed by atoms with Crippen LogP contribution >= 0.6 is 0 Å². The molecule has 0 aromatic heterocycles. The minimum absolute atomic E-state index is 0.0270. The van der Waals surface area contributed by atoms with E-state index in [1.165, 1.54) is 12.1 Å². The Balaban J connectivity index is 1.63. The van der Waals surface area contributed by atoms with Crippen LogP contribution in [-0.4, -0.2) is 17.9 Å². The summed E-state index contributed by atoms with van der Waals surface area (Å²) in [7, 11) is 0. The maximum absolute atomic E-state index is 13.2. The van der Waals surface area contributed by atoms with Crippen LogP contribution in [0.4, 0.5) is 5.69 Å². The molecule has 0 spiro atoms. The first-order chi connectivity index (χ1) is 18.0. The lowest BCUT2D eigenvalue weighted by Gasteiger charge is -2.15. The molecule has 0 aliphatic heterocycles. The number of carbonyl (C=O) groups excluding carboxylic acids is 3. The molecule has 37 heavy (non-hydrogen) atoms. The molecule has 7 heteroatoms. The maximum atomic E-state index is 13.2. The van der Waals surface area contributed by atoms with Gasteiger partial charge in [0.1, 0.15) is 19.8 Å². The molecule has 0 amide bonds. The van der Waals surface area contributed by atoms with Crippen LogP contribution in [0.5, 0.6) is 0 Å². The quantitative estimate of drug-likeness (QED) is 0.190. The second kappa shape index (κ2) is 12.2. The van der Waals surface area contributed by atoms with Gasteiger partial charge in [-0.1, -0.05) is 91.0 Å². The summed E-state index contributed by atoms with van der Waals surface area (Å²) in [5.41, 5.74) is 7.75. The van der Waals surface area contributed by atoms with Crippen LogP contribution < -0.4 is 5.73 Å². The van der Waals surface area contributed by atoms with Crippen molar-refractivity contribution in [3.8, 4) is 0 Å². The van der Waals surface area contributed by atoms with Gasteiger partial charge in [-0.3, -0.25) is 0 Å². The summed E-state index contributed by atoms with van der Waals surface area (Å²) in [6.07, 6.45) is 0. The van der Waals surface area contributed by atoms with Gasteiger partial charge in [-0.2, -0.15) is 0 Å². The topological polar surface area (TPSA) is 105 Å². The maximum Gasteiger partial charge on any atom is 0.340 e. The van der Waals surface area contributed by atoms with E-state index in [0.29, 0.717) is 0 Å². The molecule has 0 bridgehead atoms. The second-order valence-corrected chi connectivity index (χ2v) is 8.18. The lowest BCUT2D eigenvalue weighted by atomic mass is 9.99. The Bertz CT molecular complexity index is 1290. The molecular formula is C30H25NO6. The fourth-order valence-corrected chi connectivity index (χ4v) is 3.60. The van der Waals surface area contributed by atoms with Gasteiger partial charge in [-0.25, -0.2) is 14.4 Å². The minimum atomic E-state index is -0.873. The van der Waals surface area contributed by atoms with E-state index in [4.69, 9.17) is 19.9 Å². The van der Waals surface area contributed by atoms with Gasteiger partial charge in [0.05, 0.1) is 16.7 Å². The van der Waals surface area contributed by atoms with Crippen LogP contribution in [0.3, 0.4) is 0 Å². The Kier molecular flexibility index (Phi) is 8.29. The molecule has 4 aromatic carbocycles. The summed E-state index contributed by atoms with van der Waals surface area (Å²) in [5, 5.41) is 0. The number of rotatable bonds is 9. The van der Waals surface area contributed by atoms with Crippen LogP contribution in [0.25, 0.3) is 0 Å². The molecule has 0 unspecified atom stereocenters. The fraction of sp³-hybridized carbons (Fsp3) is 0.100. The molecule has 0 aliphatic carbocycles. The molecule has 4 aromatic rings. The van der Waals surface area contributed by atoms with Gasteiger partial charge in [0, 0.05) is 5.69 Å². The summed E-state index contributed by atoms with van der Waals surface area (Å²) < 4.78 is 16.3. The predicted molar refractivity (Wildman–Crippen MR) is 138 cm³/mol. The van der Waals surface area contributed by atoms with Crippen molar-refractivity contribution in [1.29, 1.82) is 0 Å². The number of carbonyl (C=O) groups is 3. The molecule has 0 saturated heterocycles. The van der Waals surface area contributed by atoms with Crippen molar-refractivity contribution in [2.75, 3.05) is 5.73 Å². The highest BCUT2D eigenvalue weighted by Crippen LogP contribution is 2.24. The summed E-state index contributed by atoms with van der Waals surface area (Å²) in [6.45, 7) is -0.109. The van der Waals surface area contributed by atoms with Crippen molar-refractivity contribution in [1.82, 2.24) is 0 Å². The molecule has 0 saturated carbocycles. The van der Waals surface area contributed by atoms with Crippen molar-refractivity contribution in [3.05, 3.63) is 137 Å². The molecule has 0 radical (unpaired) electrons. The number of ether oxygens (including phenoxy) is 3. The van der Waals surface area contributed by atoms with Gasteiger partial charge in [-0.05, 0) is 28.8 Å². The van der Waals surface area contributed by atoms with Gasteiger partial charge in [0.15, 0.2) is 0 Å². The SMILES string of the molecule is Nc1cc(C(=O)OCc2ccccc2)c(C(=O)OCc2ccccc2)c(C(=O)OCc2ccccc2)c1. The smallest absolute Gasteiger partial charge is 0.340 e. The molecule has 7 nitrogen and oxygen atoms in total. The molecule has 0 atom stereocenters. The van der Waals surface area contributed by atoms with Crippen molar-refractivity contribution in [3.63, 3.8) is 0 Å². The van der Waals surface area contributed by atoms with Crippen molar-refractivity contribution >= 4 is 23.6 Å². The molecule has 0 aliphatic rings. The van der Waals surface area contributed by atoms with E-state index in [-0.39, 0.29) is 42.2 Å². The van der Waals surface area contributed by atoms with Gasteiger partial charge < -0.3 is 19.9 Å². The van der Waals surface area contributed by atoms with E-state index < -0.39 is 17.9 Å². The Morgan fingerprint density at radius 2 is 0.838 bits per heavy atom. The zero-order valence-corrected chi connectivity index (χ0v) is 20.0. The Hall–Kier alpha value is -4.91. The van der Waals surface area contributed by atoms with Crippen molar-refractivity contribution in [2.45, 2.75) is 19.8 Å². The van der Waals surface area contributed by atoms with E-state index in [1.54, 1.807) is 36.4 Å². The third-order valence-electron chi connectivity index (χ3n) is 5.44. The molecular weight excluding hydrogens is 470 g/mol. The van der Waals surface area contributed by atoms with E-state index in [1.807, 2.05) is 54.6 Å². The van der Waals surface area contributed by atoms with Gasteiger partial charge in [0.25, 0.3) is 0 Å². The first kappa shape index (κ1) is 25.2. The lowest BCUT2D eigenvalue weighted by Crippen LogP contribution is -2.20.